The monoisotopic (exact) mass is 188 g/mol. The Morgan fingerprint density at radius 3 is 2.46 bits per heavy atom. The summed E-state index contributed by atoms with van der Waals surface area (Å²) < 4.78 is 0. The van der Waals surface area contributed by atoms with Gasteiger partial charge in [-0.25, -0.2) is 0 Å². The topological polar surface area (TPSA) is 66.6 Å². The second kappa shape index (κ2) is 4.58. The normalized spacial score (nSPS) is 18.3. The number of carboxylic acid groups (broad SMARTS) is 1. The summed E-state index contributed by atoms with van der Waals surface area (Å²) >= 11 is 0. The highest BCUT2D eigenvalue weighted by atomic mass is 16.4. The van der Waals surface area contributed by atoms with Crippen LogP contribution in [0.5, 0.6) is 0 Å². The van der Waals surface area contributed by atoms with Crippen molar-refractivity contribution < 1.29 is 9.90 Å². The molecule has 0 heterocycles. The molecule has 0 saturated heterocycles. The highest BCUT2D eigenvalue weighted by Crippen LogP contribution is 2.12. The second-order valence-electron chi connectivity index (χ2n) is 3.85. The molecule has 0 aliphatic heterocycles. The Labute approximate surface area is 79.7 Å². The van der Waals surface area contributed by atoms with Gasteiger partial charge in [0.15, 0.2) is 0 Å². The van der Waals surface area contributed by atoms with E-state index in [2.05, 4.69) is 4.90 Å². The summed E-state index contributed by atoms with van der Waals surface area (Å²) in [6.07, 6.45) is 0.465. The predicted octanol–water partition coefficient (Wildman–Crippen LogP) is 0.519. The number of nitrogens with two attached hydrogens (primary N) is 1. The molecule has 0 aromatic carbocycles. The molecule has 0 rings (SSSR count). The van der Waals surface area contributed by atoms with Gasteiger partial charge in [-0.2, -0.15) is 0 Å². The van der Waals surface area contributed by atoms with Gasteiger partial charge in [0, 0.05) is 6.04 Å². The molecule has 0 aromatic rings. The van der Waals surface area contributed by atoms with Gasteiger partial charge in [0.05, 0.1) is 0 Å². The Kier molecular flexibility index (Phi) is 4.36. The minimum absolute atomic E-state index is 0.191. The van der Waals surface area contributed by atoms with Gasteiger partial charge >= 0.3 is 5.97 Å². The largest absolute Gasteiger partial charge is 0.480 e. The number of hydrogen-bond acceptors (Lipinski definition) is 3. The zero-order chi connectivity index (χ0) is 10.6. The molecule has 2 atom stereocenters. The van der Waals surface area contributed by atoms with Crippen molar-refractivity contribution in [3.05, 3.63) is 0 Å². The average molecular weight is 188 g/mol. The van der Waals surface area contributed by atoms with Crippen LogP contribution in [0.3, 0.4) is 0 Å². The minimum Gasteiger partial charge on any atom is -0.480 e. The van der Waals surface area contributed by atoms with Gasteiger partial charge in [-0.1, -0.05) is 6.92 Å². The van der Waals surface area contributed by atoms with E-state index < -0.39 is 11.5 Å². The van der Waals surface area contributed by atoms with Crippen LogP contribution in [0.2, 0.25) is 0 Å². The SMILES string of the molecule is CCN(C)C(C)CC(C)(N)C(=O)O. The van der Waals surface area contributed by atoms with E-state index in [9.17, 15) is 4.79 Å². The molecule has 4 nitrogen and oxygen atoms in total. The number of carbonyl (C=O) groups is 1. The Morgan fingerprint density at radius 1 is 1.69 bits per heavy atom. The minimum atomic E-state index is -1.12. The highest BCUT2D eigenvalue weighted by Gasteiger charge is 2.30. The van der Waals surface area contributed by atoms with E-state index in [1.165, 1.54) is 0 Å². The first-order valence-electron chi connectivity index (χ1n) is 4.53. The summed E-state index contributed by atoms with van der Waals surface area (Å²) in [6, 6.07) is 0.191. The first-order valence-corrected chi connectivity index (χ1v) is 4.53. The first kappa shape index (κ1) is 12.4. The Hall–Kier alpha value is -0.610. The molecular weight excluding hydrogens is 168 g/mol. The Bertz CT molecular complexity index is 180. The predicted molar refractivity (Wildman–Crippen MR) is 52.6 cm³/mol. The van der Waals surface area contributed by atoms with Crippen molar-refractivity contribution in [1.29, 1.82) is 0 Å². The molecule has 0 aromatic heterocycles. The van der Waals surface area contributed by atoms with Gasteiger partial charge in [0.1, 0.15) is 5.54 Å². The lowest BCUT2D eigenvalue weighted by Crippen LogP contribution is -2.49. The number of rotatable bonds is 5. The van der Waals surface area contributed by atoms with Crippen molar-refractivity contribution in [3.8, 4) is 0 Å². The van der Waals surface area contributed by atoms with Crippen LogP contribution in [0.25, 0.3) is 0 Å². The highest BCUT2D eigenvalue weighted by molar-refractivity contribution is 5.77. The van der Waals surface area contributed by atoms with E-state index in [0.29, 0.717) is 6.42 Å². The van der Waals surface area contributed by atoms with E-state index in [4.69, 9.17) is 10.8 Å². The van der Waals surface area contributed by atoms with Gasteiger partial charge < -0.3 is 15.7 Å². The van der Waals surface area contributed by atoms with Gasteiger partial charge in [0.25, 0.3) is 0 Å². The van der Waals surface area contributed by atoms with Crippen LogP contribution in [0.4, 0.5) is 0 Å². The lowest BCUT2D eigenvalue weighted by atomic mass is 9.94. The third-order valence-corrected chi connectivity index (χ3v) is 2.46. The van der Waals surface area contributed by atoms with Gasteiger partial charge in [-0.05, 0) is 33.9 Å². The summed E-state index contributed by atoms with van der Waals surface area (Å²) in [5.74, 6) is -0.941. The zero-order valence-electron chi connectivity index (χ0n) is 8.87. The fourth-order valence-corrected chi connectivity index (χ4v) is 1.17. The summed E-state index contributed by atoms with van der Waals surface area (Å²) in [5, 5.41) is 8.80. The zero-order valence-corrected chi connectivity index (χ0v) is 8.87. The third-order valence-electron chi connectivity index (χ3n) is 2.46. The Balaban J connectivity index is 4.19. The molecule has 0 amide bonds. The van der Waals surface area contributed by atoms with Crippen LogP contribution in [0.15, 0.2) is 0 Å². The summed E-state index contributed by atoms with van der Waals surface area (Å²) in [6.45, 7) is 6.47. The fraction of sp³-hybridized carbons (Fsp3) is 0.889. The molecule has 0 spiro atoms. The van der Waals surface area contributed by atoms with Crippen molar-refractivity contribution in [2.75, 3.05) is 13.6 Å². The molecule has 2 unspecified atom stereocenters. The van der Waals surface area contributed by atoms with Crippen LogP contribution >= 0.6 is 0 Å². The van der Waals surface area contributed by atoms with Crippen molar-refractivity contribution in [2.45, 2.75) is 38.8 Å². The maximum atomic E-state index is 10.7. The molecule has 4 heteroatoms. The number of carboxylic acids is 1. The molecule has 78 valence electrons. The fourth-order valence-electron chi connectivity index (χ4n) is 1.17. The third kappa shape index (κ3) is 3.74. The van der Waals surface area contributed by atoms with Crippen LogP contribution in [-0.4, -0.2) is 41.1 Å². The van der Waals surface area contributed by atoms with Crippen molar-refractivity contribution in [1.82, 2.24) is 4.90 Å². The summed E-state index contributed by atoms with van der Waals surface area (Å²) in [7, 11) is 1.96. The average Bonchev–Trinajstić information content (AvgIpc) is 2.01. The van der Waals surface area contributed by atoms with E-state index >= 15 is 0 Å². The molecule has 0 saturated carbocycles. The van der Waals surface area contributed by atoms with E-state index in [1.54, 1.807) is 6.92 Å². The van der Waals surface area contributed by atoms with Gasteiger partial charge in [-0.3, -0.25) is 4.79 Å². The number of hydrogen-bond donors (Lipinski definition) is 2. The van der Waals surface area contributed by atoms with Gasteiger partial charge in [0.2, 0.25) is 0 Å². The molecule has 0 aliphatic rings. The van der Waals surface area contributed by atoms with Crippen molar-refractivity contribution in [2.24, 2.45) is 5.73 Å². The van der Waals surface area contributed by atoms with E-state index in [-0.39, 0.29) is 6.04 Å². The maximum absolute atomic E-state index is 10.7. The van der Waals surface area contributed by atoms with Crippen LogP contribution in [0, 0.1) is 0 Å². The Morgan fingerprint density at radius 2 is 2.15 bits per heavy atom. The van der Waals surface area contributed by atoms with Crippen LogP contribution in [0.1, 0.15) is 27.2 Å². The number of aliphatic carboxylic acids is 1. The van der Waals surface area contributed by atoms with Crippen LogP contribution in [-0.2, 0) is 4.79 Å². The summed E-state index contributed by atoms with van der Waals surface area (Å²) in [5.41, 5.74) is 4.50. The molecule has 13 heavy (non-hydrogen) atoms. The van der Waals surface area contributed by atoms with E-state index in [1.807, 2.05) is 20.9 Å². The molecule has 0 bridgehead atoms. The quantitative estimate of drug-likeness (QED) is 0.660. The molecular formula is C9H20N2O2. The molecule has 0 fully saturated rings. The van der Waals surface area contributed by atoms with Crippen LogP contribution < -0.4 is 5.73 Å². The molecule has 0 aliphatic carbocycles. The standard InChI is InChI=1S/C9H20N2O2/c1-5-11(4)7(2)6-9(3,10)8(12)13/h7H,5-6,10H2,1-4H3,(H,12,13). The smallest absolute Gasteiger partial charge is 0.323 e. The lowest BCUT2D eigenvalue weighted by molar-refractivity contribution is -0.143. The van der Waals surface area contributed by atoms with E-state index in [0.717, 1.165) is 6.54 Å². The molecule has 3 N–H and O–H groups in total. The maximum Gasteiger partial charge on any atom is 0.323 e. The number of nitrogens with zero attached hydrogens (tertiary/aromatic N) is 1. The van der Waals surface area contributed by atoms with Crippen molar-refractivity contribution in [3.63, 3.8) is 0 Å². The lowest BCUT2D eigenvalue weighted by Gasteiger charge is -2.29. The summed E-state index contributed by atoms with van der Waals surface area (Å²) in [4.78, 5) is 12.8. The first-order chi connectivity index (χ1) is 5.81. The molecule has 0 radical (unpaired) electrons. The van der Waals surface area contributed by atoms with Gasteiger partial charge in [-0.15, -0.1) is 0 Å². The second-order valence-corrected chi connectivity index (χ2v) is 3.85. The van der Waals surface area contributed by atoms with Crippen molar-refractivity contribution >= 4 is 5.97 Å².